The number of carbonyl (C=O) groups excluding carboxylic acids is 2. The van der Waals surface area contributed by atoms with Crippen LogP contribution >= 0.6 is 0 Å². The molecule has 0 radical (unpaired) electrons. The first kappa shape index (κ1) is 16.2. The predicted molar refractivity (Wildman–Crippen MR) is 77.1 cm³/mol. The van der Waals surface area contributed by atoms with Crippen LogP contribution in [0.15, 0.2) is 0 Å². The summed E-state index contributed by atoms with van der Waals surface area (Å²) >= 11 is 0. The van der Waals surface area contributed by atoms with E-state index in [-0.39, 0.29) is 24.2 Å². The second-order valence-electron chi connectivity index (χ2n) is 5.74. The Balaban J connectivity index is 2.23. The summed E-state index contributed by atoms with van der Waals surface area (Å²) < 4.78 is 0. The molecule has 0 aromatic rings. The summed E-state index contributed by atoms with van der Waals surface area (Å²) in [5, 5.41) is 0. The number of unbranched alkanes of at least 4 members (excludes halogenated alkanes) is 3. The van der Waals surface area contributed by atoms with Crippen molar-refractivity contribution in [2.24, 2.45) is 0 Å². The highest BCUT2D eigenvalue weighted by Gasteiger charge is 2.26. The highest BCUT2D eigenvalue weighted by atomic mass is 16.2. The van der Waals surface area contributed by atoms with E-state index in [4.69, 9.17) is 0 Å². The van der Waals surface area contributed by atoms with Gasteiger partial charge in [0.1, 0.15) is 5.78 Å². The van der Waals surface area contributed by atoms with Crippen LogP contribution in [0.1, 0.15) is 51.9 Å². The van der Waals surface area contributed by atoms with Crippen molar-refractivity contribution in [3.05, 3.63) is 0 Å². The van der Waals surface area contributed by atoms with Crippen LogP contribution in [0.4, 0.5) is 0 Å². The smallest absolute Gasteiger partial charge is 0.230 e. The number of ketones is 1. The van der Waals surface area contributed by atoms with Crippen molar-refractivity contribution in [2.75, 3.05) is 27.2 Å². The van der Waals surface area contributed by atoms with E-state index in [1.165, 1.54) is 12.8 Å². The maximum Gasteiger partial charge on any atom is 0.230 e. The van der Waals surface area contributed by atoms with Gasteiger partial charge in [0.2, 0.25) is 5.91 Å². The number of carbonyl (C=O) groups is 2. The number of nitrogens with zero attached hydrogens (tertiary/aromatic N) is 2. The summed E-state index contributed by atoms with van der Waals surface area (Å²) in [4.78, 5) is 27.8. The van der Waals surface area contributed by atoms with Crippen LogP contribution in [0.5, 0.6) is 0 Å². The zero-order valence-corrected chi connectivity index (χ0v) is 12.7. The summed E-state index contributed by atoms with van der Waals surface area (Å²) in [6.07, 6.45) is 6.03. The Morgan fingerprint density at radius 1 is 1.26 bits per heavy atom. The van der Waals surface area contributed by atoms with E-state index in [1.54, 1.807) is 4.90 Å². The van der Waals surface area contributed by atoms with E-state index < -0.39 is 0 Å². The minimum absolute atomic E-state index is 0.0132. The van der Waals surface area contributed by atoms with Crippen molar-refractivity contribution in [1.29, 1.82) is 0 Å². The summed E-state index contributed by atoms with van der Waals surface area (Å²) in [6.45, 7) is 4.11. The highest BCUT2D eigenvalue weighted by Crippen LogP contribution is 2.14. The first-order valence-corrected chi connectivity index (χ1v) is 7.50. The molecule has 1 fully saturated rings. The van der Waals surface area contributed by atoms with Crippen molar-refractivity contribution in [2.45, 2.75) is 57.9 Å². The van der Waals surface area contributed by atoms with Crippen LogP contribution in [-0.4, -0.2) is 54.7 Å². The second-order valence-corrected chi connectivity index (χ2v) is 5.74. The summed E-state index contributed by atoms with van der Waals surface area (Å²) in [6, 6.07) is 0.283. The van der Waals surface area contributed by atoms with Crippen molar-refractivity contribution in [3.8, 4) is 0 Å². The fourth-order valence-corrected chi connectivity index (χ4v) is 2.56. The standard InChI is InChI=1S/C15H28N2O2/c1-4-5-6-7-8-14(18)11-15(19)17(3)13-9-10-16(2)12-13/h13H,4-12H2,1-3H3. The molecule has 4 nitrogen and oxygen atoms in total. The molecule has 1 aliphatic rings. The Bertz CT molecular complexity index is 305. The van der Waals surface area contributed by atoms with E-state index in [0.29, 0.717) is 6.42 Å². The Morgan fingerprint density at radius 3 is 2.58 bits per heavy atom. The molecule has 0 aromatic carbocycles. The quantitative estimate of drug-likeness (QED) is 0.500. The molecule has 19 heavy (non-hydrogen) atoms. The molecule has 1 saturated heterocycles. The molecule has 0 saturated carbocycles. The average molecular weight is 268 g/mol. The van der Waals surface area contributed by atoms with Crippen molar-refractivity contribution in [3.63, 3.8) is 0 Å². The zero-order chi connectivity index (χ0) is 14.3. The molecular weight excluding hydrogens is 240 g/mol. The lowest BCUT2D eigenvalue weighted by atomic mass is 10.1. The minimum atomic E-state index is -0.0132. The van der Waals surface area contributed by atoms with Gasteiger partial charge in [-0.1, -0.05) is 26.2 Å². The number of hydrogen-bond donors (Lipinski definition) is 0. The third kappa shape index (κ3) is 5.72. The van der Waals surface area contributed by atoms with Gasteiger partial charge in [-0.25, -0.2) is 0 Å². The van der Waals surface area contributed by atoms with Crippen LogP contribution < -0.4 is 0 Å². The molecule has 1 aliphatic heterocycles. The normalized spacial score (nSPS) is 19.6. The average Bonchev–Trinajstić information content (AvgIpc) is 2.80. The van der Waals surface area contributed by atoms with Crippen molar-refractivity contribution >= 4 is 11.7 Å². The van der Waals surface area contributed by atoms with Gasteiger partial charge in [-0.05, 0) is 26.4 Å². The van der Waals surface area contributed by atoms with Gasteiger partial charge in [0.05, 0.1) is 6.42 Å². The SMILES string of the molecule is CCCCCCC(=O)CC(=O)N(C)C1CCN(C)C1. The van der Waals surface area contributed by atoms with E-state index in [1.807, 2.05) is 7.05 Å². The number of Topliss-reactive ketones (excluding diaryl/α,β-unsaturated/α-hetero) is 1. The topological polar surface area (TPSA) is 40.6 Å². The van der Waals surface area contributed by atoms with E-state index >= 15 is 0 Å². The lowest BCUT2D eigenvalue weighted by molar-refractivity contribution is -0.135. The maximum atomic E-state index is 12.0. The Kier molecular flexibility index (Phi) is 7.06. The molecule has 0 bridgehead atoms. The zero-order valence-electron chi connectivity index (χ0n) is 12.7. The first-order chi connectivity index (χ1) is 9.04. The van der Waals surface area contributed by atoms with E-state index in [0.717, 1.165) is 32.4 Å². The number of amides is 1. The number of hydrogen-bond acceptors (Lipinski definition) is 3. The van der Waals surface area contributed by atoms with Gasteiger partial charge in [0, 0.05) is 26.1 Å². The van der Waals surface area contributed by atoms with Crippen LogP contribution in [0.25, 0.3) is 0 Å². The summed E-state index contributed by atoms with van der Waals surface area (Å²) in [5.74, 6) is 0.0834. The van der Waals surface area contributed by atoms with Crippen molar-refractivity contribution < 1.29 is 9.59 Å². The molecule has 1 amide bonds. The Labute approximate surface area is 117 Å². The van der Waals surface area contributed by atoms with Gasteiger partial charge in [-0.2, -0.15) is 0 Å². The molecule has 0 N–H and O–H groups in total. The fraction of sp³-hybridized carbons (Fsp3) is 0.867. The van der Waals surface area contributed by atoms with Gasteiger partial charge < -0.3 is 9.80 Å². The summed E-state index contributed by atoms with van der Waals surface area (Å²) in [5.41, 5.74) is 0. The van der Waals surface area contributed by atoms with E-state index in [2.05, 4.69) is 18.9 Å². The lowest BCUT2D eigenvalue weighted by Crippen LogP contribution is -2.39. The number of likely N-dealkylation sites (N-methyl/N-ethyl adjacent to an activating group) is 2. The molecule has 0 aromatic heterocycles. The van der Waals surface area contributed by atoms with Crippen LogP contribution in [0.3, 0.4) is 0 Å². The number of likely N-dealkylation sites (tertiary alicyclic amines) is 1. The fourth-order valence-electron chi connectivity index (χ4n) is 2.56. The Morgan fingerprint density at radius 2 is 2.00 bits per heavy atom. The summed E-state index contributed by atoms with van der Waals surface area (Å²) in [7, 11) is 3.90. The van der Waals surface area contributed by atoms with Crippen LogP contribution in [0, 0.1) is 0 Å². The molecule has 1 rings (SSSR count). The van der Waals surface area contributed by atoms with Gasteiger partial charge in [0.15, 0.2) is 0 Å². The molecule has 4 heteroatoms. The highest BCUT2D eigenvalue weighted by molar-refractivity contribution is 5.98. The molecule has 1 unspecified atom stereocenters. The molecule has 1 heterocycles. The lowest BCUT2D eigenvalue weighted by Gasteiger charge is -2.24. The van der Waals surface area contributed by atoms with Crippen LogP contribution in [-0.2, 0) is 9.59 Å². The third-order valence-corrected chi connectivity index (χ3v) is 3.97. The molecule has 0 spiro atoms. The Hall–Kier alpha value is -0.900. The monoisotopic (exact) mass is 268 g/mol. The predicted octanol–water partition coefficient (Wildman–Crippen LogP) is 2.08. The van der Waals surface area contributed by atoms with Gasteiger partial charge >= 0.3 is 0 Å². The maximum absolute atomic E-state index is 12.0. The molecular formula is C15H28N2O2. The molecule has 0 aliphatic carbocycles. The van der Waals surface area contributed by atoms with Crippen LogP contribution in [0.2, 0.25) is 0 Å². The third-order valence-electron chi connectivity index (χ3n) is 3.97. The van der Waals surface area contributed by atoms with Gasteiger partial charge in [-0.3, -0.25) is 9.59 Å². The second kappa shape index (κ2) is 8.31. The van der Waals surface area contributed by atoms with Crippen molar-refractivity contribution in [1.82, 2.24) is 9.80 Å². The largest absolute Gasteiger partial charge is 0.341 e. The number of rotatable bonds is 8. The van der Waals surface area contributed by atoms with Gasteiger partial charge in [0.25, 0.3) is 0 Å². The minimum Gasteiger partial charge on any atom is -0.341 e. The first-order valence-electron chi connectivity index (χ1n) is 7.50. The van der Waals surface area contributed by atoms with E-state index in [9.17, 15) is 9.59 Å². The van der Waals surface area contributed by atoms with Gasteiger partial charge in [-0.15, -0.1) is 0 Å². The molecule has 1 atom stereocenters. The molecule has 110 valence electrons.